The van der Waals surface area contributed by atoms with Crippen LogP contribution in [0.1, 0.15) is 38.2 Å². The zero-order valence-electron chi connectivity index (χ0n) is 29.4. The van der Waals surface area contributed by atoms with Crippen molar-refractivity contribution in [1.82, 2.24) is 0 Å². The van der Waals surface area contributed by atoms with Gasteiger partial charge >= 0.3 is 5.97 Å². The number of anilines is 2. The van der Waals surface area contributed by atoms with Gasteiger partial charge in [-0.3, -0.25) is 0 Å². The van der Waals surface area contributed by atoms with E-state index in [9.17, 15) is 4.79 Å². The predicted octanol–water partition coefficient (Wildman–Crippen LogP) is 11.1. The van der Waals surface area contributed by atoms with E-state index in [4.69, 9.17) is 60.6 Å². The molecule has 0 spiro atoms. The van der Waals surface area contributed by atoms with E-state index >= 15 is 0 Å². The van der Waals surface area contributed by atoms with E-state index in [0.29, 0.717) is 11.5 Å². The molecule has 266 valence electrons. The van der Waals surface area contributed by atoms with Crippen molar-refractivity contribution in [2.45, 2.75) is 5.60 Å². The summed E-state index contributed by atoms with van der Waals surface area (Å²) >= 11 is 27.2. The monoisotopic (exact) mass is 772 g/mol. The molecule has 0 fully saturated rings. The lowest BCUT2D eigenvalue weighted by molar-refractivity contribution is 0.0300. The highest BCUT2D eigenvalue weighted by atomic mass is 35.5. The van der Waals surface area contributed by atoms with Crippen LogP contribution in [0.25, 0.3) is 11.1 Å². The molecule has 0 saturated heterocycles. The largest absolute Gasteiger partial charge is 0.497 e. The molecule has 6 rings (SSSR count). The van der Waals surface area contributed by atoms with E-state index in [1.165, 1.54) is 0 Å². The number of hydrogen-bond donors (Lipinski definition) is 0. The smallest absolute Gasteiger partial charge is 0.341 e. The number of carbonyl (C=O) groups excluding carboxylic acids is 1. The van der Waals surface area contributed by atoms with E-state index in [2.05, 4.69) is 0 Å². The molecule has 1 aliphatic rings. The molecule has 0 aromatic heterocycles. The third kappa shape index (κ3) is 7.09. The SMILES string of the molecule is COc1ccc(/C(=C\C2(/C=C(/c3ccc(OC)cc3)c3ccc(N(C)C)cc3)OC(=O)c3c(Cl)c(Cl)c(Cl)c(Cl)c32)c2ccc(N(C)C)cc2)cc1. The maximum Gasteiger partial charge on any atom is 0.341 e. The molecule has 1 heterocycles. The van der Waals surface area contributed by atoms with E-state index in [1.807, 2.05) is 147 Å². The molecular formula is C42H36Cl4N2O4. The Morgan fingerprint density at radius 2 is 0.904 bits per heavy atom. The number of rotatable bonds is 10. The highest BCUT2D eigenvalue weighted by Crippen LogP contribution is 2.53. The first kappa shape index (κ1) is 37.2. The first-order chi connectivity index (χ1) is 24.9. The normalized spacial score (nSPS) is 15.6. The molecule has 10 heteroatoms. The Labute approximate surface area is 324 Å². The van der Waals surface area contributed by atoms with Crippen molar-refractivity contribution in [3.05, 3.63) is 163 Å². The summed E-state index contributed by atoms with van der Waals surface area (Å²) in [6, 6.07) is 31.5. The van der Waals surface area contributed by atoms with E-state index < -0.39 is 11.6 Å². The Morgan fingerprint density at radius 1 is 0.558 bits per heavy atom. The fourth-order valence-corrected chi connectivity index (χ4v) is 7.28. The molecule has 1 unspecified atom stereocenters. The van der Waals surface area contributed by atoms with Gasteiger partial charge in [-0.25, -0.2) is 4.79 Å². The number of carbonyl (C=O) groups is 1. The minimum absolute atomic E-state index is 0.0132. The molecule has 1 atom stereocenters. The van der Waals surface area contributed by atoms with E-state index in [-0.39, 0.29) is 31.2 Å². The Morgan fingerprint density at radius 3 is 1.25 bits per heavy atom. The van der Waals surface area contributed by atoms with E-state index in [0.717, 1.165) is 44.8 Å². The Kier molecular flexibility index (Phi) is 10.8. The van der Waals surface area contributed by atoms with Gasteiger partial charge in [0.1, 0.15) is 11.5 Å². The van der Waals surface area contributed by atoms with Crippen LogP contribution in [0, 0.1) is 0 Å². The van der Waals surface area contributed by atoms with Crippen LogP contribution in [-0.2, 0) is 10.3 Å². The summed E-state index contributed by atoms with van der Waals surface area (Å²) in [4.78, 5) is 18.1. The van der Waals surface area contributed by atoms with E-state index in [1.54, 1.807) is 14.2 Å². The summed E-state index contributed by atoms with van der Waals surface area (Å²) in [6.07, 6.45) is 3.79. The molecule has 52 heavy (non-hydrogen) atoms. The van der Waals surface area contributed by atoms with Crippen molar-refractivity contribution < 1.29 is 19.0 Å². The first-order valence-electron chi connectivity index (χ1n) is 16.3. The minimum atomic E-state index is -1.63. The molecule has 0 radical (unpaired) electrons. The second kappa shape index (κ2) is 15.2. The first-order valence-corrected chi connectivity index (χ1v) is 17.8. The number of ether oxygens (including phenoxy) is 3. The summed E-state index contributed by atoms with van der Waals surface area (Å²) in [5.74, 6) is 0.692. The lowest BCUT2D eigenvalue weighted by Crippen LogP contribution is -2.23. The van der Waals surface area contributed by atoms with Crippen LogP contribution in [0.5, 0.6) is 11.5 Å². The van der Waals surface area contributed by atoms with Crippen molar-refractivity contribution >= 4 is 74.9 Å². The number of hydrogen-bond acceptors (Lipinski definition) is 6. The second-order valence-electron chi connectivity index (χ2n) is 12.6. The van der Waals surface area contributed by atoms with Crippen LogP contribution in [0.4, 0.5) is 11.4 Å². The fourth-order valence-electron chi connectivity index (χ4n) is 6.21. The van der Waals surface area contributed by atoms with Gasteiger partial charge < -0.3 is 24.0 Å². The molecular weight excluding hydrogens is 738 g/mol. The van der Waals surface area contributed by atoms with Gasteiger partial charge in [-0.15, -0.1) is 0 Å². The third-order valence-corrected chi connectivity index (χ3v) is 10.8. The van der Waals surface area contributed by atoms with Crippen molar-refractivity contribution in [1.29, 1.82) is 0 Å². The summed E-state index contributed by atoms with van der Waals surface area (Å²) in [7, 11) is 11.2. The Bertz CT molecular complexity index is 2060. The zero-order valence-corrected chi connectivity index (χ0v) is 32.5. The zero-order chi connectivity index (χ0) is 37.3. The molecule has 0 aliphatic carbocycles. The molecule has 0 bridgehead atoms. The van der Waals surface area contributed by atoms with Crippen LogP contribution in [-0.4, -0.2) is 48.4 Å². The molecule has 1 aliphatic heterocycles. The highest BCUT2D eigenvalue weighted by molar-refractivity contribution is 6.53. The molecule has 5 aromatic rings. The maximum absolute atomic E-state index is 14.1. The van der Waals surface area contributed by atoms with Gasteiger partial charge in [0.2, 0.25) is 0 Å². The van der Waals surface area contributed by atoms with Crippen molar-refractivity contribution in [3.8, 4) is 11.5 Å². The quantitative estimate of drug-likeness (QED) is 0.0800. The molecule has 0 amide bonds. The number of halogens is 4. The Balaban J connectivity index is 1.74. The minimum Gasteiger partial charge on any atom is -0.497 e. The van der Waals surface area contributed by atoms with Crippen molar-refractivity contribution in [3.63, 3.8) is 0 Å². The lowest BCUT2D eigenvalue weighted by atomic mass is 9.83. The number of nitrogens with zero attached hydrogens (tertiary/aromatic N) is 2. The summed E-state index contributed by atoms with van der Waals surface area (Å²) in [5.41, 5.74) is 5.61. The van der Waals surface area contributed by atoms with Crippen LogP contribution in [0.15, 0.2) is 109 Å². The second-order valence-corrected chi connectivity index (χ2v) is 14.2. The van der Waals surface area contributed by atoms with Crippen LogP contribution >= 0.6 is 46.4 Å². The van der Waals surface area contributed by atoms with Crippen LogP contribution in [0.3, 0.4) is 0 Å². The standard InChI is InChI=1S/C42H36Cl4N2O4/c1-47(2)29-15-7-25(8-16-29)33(27-11-19-31(50-5)20-12-27)23-42(36-35(41(49)52-42)37(43)39(45)40(46)38(36)44)24-34(28-13-21-32(51-6)22-14-28)26-9-17-30(18-10-26)48(3)4/h7-24H,1-6H3/b33-23-,34-24+. The molecule has 6 nitrogen and oxygen atoms in total. The average Bonchev–Trinajstić information content (AvgIpc) is 3.45. The summed E-state index contributed by atoms with van der Waals surface area (Å²) in [6.45, 7) is 0. The van der Waals surface area contributed by atoms with Crippen LogP contribution in [0.2, 0.25) is 20.1 Å². The number of benzene rings is 5. The van der Waals surface area contributed by atoms with Gasteiger partial charge in [-0.05, 0) is 94.1 Å². The van der Waals surface area contributed by atoms with Gasteiger partial charge in [0.15, 0.2) is 5.60 Å². The third-order valence-electron chi connectivity index (χ3n) is 9.03. The summed E-state index contributed by atoms with van der Waals surface area (Å²) < 4.78 is 17.5. The molecule has 0 saturated carbocycles. The van der Waals surface area contributed by atoms with Gasteiger partial charge in [0.05, 0.1) is 39.9 Å². The maximum atomic E-state index is 14.1. The number of fused-ring (bicyclic) bond motifs is 1. The van der Waals surface area contributed by atoms with Gasteiger partial charge in [-0.1, -0.05) is 94.9 Å². The fraction of sp³-hybridized carbons (Fsp3) is 0.167. The lowest BCUT2D eigenvalue weighted by Gasteiger charge is -2.27. The van der Waals surface area contributed by atoms with Crippen molar-refractivity contribution in [2.75, 3.05) is 52.2 Å². The van der Waals surface area contributed by atoms with Crippen LogP contribution < -0.4 is 19.3 Å². The summed E-state index contributed by atoms with van der Waals surface area (Å²) in [5, 5.41) is -0.00257. The van der Waals surface area contributed by atoms with Crippen molar-refractivity contribution in [2.24, 2.45) is 0 Å². The van der Waals surface area contributed by atoms with Gasteiger partial charge in [0, 0.05) is 45.1 Å². The number of methoxy groups -OCH3 is 2. The van der Waals surface area contributed by atoms with Gasteiger partial charge in [-0.2, -0.15) is 0 Å². The van der Waals surface area contributed by atoms with Gasteiger partial charge in [0.25, 0.3) is 0 Å². The Hall–Kier alpha value is -4.59. The average molecular weight is 775 g/mol. The number of cyclic esters (lactones) is 1. The topological polar surface area (TPSA) is 51.2 Å². The molecule has 0 N–H and O–H groups in total. The predicted molar refractivity (Wildman–Crippen MR) is 215 cm³/mol. The number of esters is 1. The molecule has 5 aromatic carbocycles. The highest BCUT2D eigenvalue weighted by Gasteiger charge is 2.48.